The number of unbranched alkanes of at least 4 members (excludes halogenated alkanes) is 1. The van der Waals surface area contributed by atoms with Crippen LogP contribution in [0.15, 0.2) is 30.3 Å². The van der Waals surface area contributed by atoms with Crippen molar-refractivity contribution in [2.45, 2.75) is 166 Å². The lowest BCUT2D eigenvalue weighted by atomic mass is 10.0. The minimum absolute atomic E-state index is 0.0145. The number of aliphatic hydroxyl groups excluding tert-OH is 1. The molecule has 81 heavy (non-hydrogen) atoms. The third-order valence-corrected chi connectivity index (χ3v) is 12.7. The molecular weight excluding hydrogens is 1060 g/mol. The van der Waals surface area contributed by atoms with Crippen LogP contribution in [0.1, 0.15) is 104 Å². The molecule has 0 bridgehead atoms. The van der Waals surface area contributed by atoms with Crippen LogP contribution in [0.5, 0.6) is 0 Å². The van der Waals surface area contributed by atoms with E-state index in [1.807, 2.05) is 0 Å². The zero-order chi connectivity index (χ0) is 61.1. The standard InChI is InChI=1S/C51H82N14O16/c1-26(2)21-33(43(73)57-25-37(67)63-40(27(3)4)47(77)58-31(16-11-19-56-51(54)55)44(74)62-35(50(80)81)22-29-13-7-6-8-14-29)60-46(76)36-17-12-20-65(36)49(79)32(15-9-10-18-52)59-45(75)34(24-39(70)71)61-48(78)41(28(5)66)64-42(72)30(53)23-38(68)69/h6-8,13-14,26-28,30-36,40-41,66H,9-12,15-25,52-53H2,1-5H3,(H,57,73)(H,58,77)(H,59,75)(H,60,76)(H,61,78)(H,62,74)(H,63,67)(H,64,72)(H,68,69)(H,70,71)(H,80,81)(H4,54,55,56)/t28-,30+,31+,32+,33+,34+,35+,36+,40+,41+/m1/s1. The molecule has 2 rings (SSSR count). The van der Waals surface area contributed by atoms with Gasteiger partial charge in [-0.05, 0) is 82.2 Å². The number of aliphatic hydroxyl groups is 1. The topological polar surface area (TPSA) is 499 Å². The van der Waals surface area contributed by atoms with Crippen molar-refractivity contribution in [2.75, 3.05) is 26.2 Å². The van der Waals surface area contributed by atoms with Gasteiger partial charge in [-0.2, -0.15) is 0 Å². The van der Waals surface area contributed by atoms with Gasteiger partial charge in [-0.1, -0.05) is 58.0 Å². The Balaban J connectivity index is 2.25. The Labute approximate surface area is 468 Å². The number of likely N-dealkylation sites (tertiary alicyclic amines) is 1. The minimum atomic E-state index is -1.90. The summed E-state index contributed by atoms with van der Waals surface area (Å²) in [7, 11) is 0. The summed E-state index contributed by atoms with van der Waals surface area (Å²) < 4.78 is 0. The summed E-state index contributed by atoms with van der Waals surface area (Å²) in [5.74, 6) is -13.8. The molecule has 1 aliphatic rings. The van der Waals surface area contributed by atoms with Gasteiger partial charge in [0.1, 0.15) is 48.3 Å². The molecule has 0 spiro atoms. The normalized spacial score (nSPS) is 16.3. The lowest BCUT2D eigenvalue weighted by Gasteiger charge is -2.31. The molecule has 10 atom stereocenters. The van der Waals surface area contributed by atoms with Gasteiger partial charge in [-0.25, -0.2) is 4.79 Å². The van der Waals surface area contributed by atoms with Crippen LogP contribution in [0.2, 0.25) is 0 Å². The van der Waals surface area contributed by atoms with Crippen molar-refractivity contribution in [3.8, 4) is 0 Å². The first-order valence-electron chi connectivity index (χ1n) is 26.7. The summed E-state index contributed by atoms with van der Waals surface area (Å²) in [4.78, 5) is 159. The molecule has 0 radical (unpaired) electrons. The minimum Gasteiger partial charge on any atom is -0.481 e. The van der Waals surface area contributed by atoms with E-state index >= 15 is 0 Å². The van der Waals surface area contributed by atoms with E-state index in [4.69, 9.17) is 27.7 Å². The van der Waals surface area contributed by atoms with Gasteiger partial charge in [0.2, 0.25) is 53.2 Å². The molecule has 1 aromatic carbocycles. The first kappa shape index (κ1) is 69.1. The number of carbonyl (C=O) groups excluding carboxylic acids is 9. The van der Waals surface area contributed by atoms with Gasteiger partial charge in [0.25, 0.3) is 0 Å². The van der Waals surface area contributed by atoms with E-state index in [0.717, 1.165) is 6.92 Å². The second-order valence-corrected chi connectivity index (χ2v) is 20.5. The maximum Gasteiger partial charge on any atom is 0.326 e. The van der Waals surface area contributed by atoms with E-state index in [-0.39, 0.29) is 76.5 Å². The number of benzene rings is 1. The molecule has 0 aliphatic carbocycles. The van der Waals surface area contributed by atoms with Crippen LogP contribution in [0, 0.1) is 17.2 Å². The lowest BCUT2D eigenvalue weighted by molar-refractivity contribution is -0.144. The van der Waals surface area contributed by atoms with Crippen molar-refractivity contribution in [3.63, 3.8) is 0 Å². The Morgan fingerprint density at radius 2 is 1.23 bits per heavy atom. The molecular formula is C51H82N14O16. The molecule has 452 valence electrons. The van der Waals surface area contributed by atoms with E-state index in [2.05, 4.69) is 47.9 Å². The molecule has 1 heterocycles. The molecule has 9 amide bonds. The van der Waals surface area contributed by atoms with Crippen LogP contribution in [0.4, 0.5) is 0 Å². The van der Waals surface area contributed by atoms with Crippen LogP contribution < -0.4 is 65.1 Å². The highest BCUT2D eigenvalue weighted by molar-refractivity contribution is 5.99. The molecule has 30 nitrogen and oxygen atoms in total. The fourth-order valence-corrected chi connectivity index (χ4v) is 8.52. The summed E-state index contributed by atoms with van der Waals surface area (Å²) in [6.07, 6.45) is -2.38. The number of nitrogens with one attached hydrogen (secondary N) is 10. The molecule has 30 heteroatoms. The predicted octanol–water partition coefficient (Wildman–Crippen LogP) is -4.43. The van der Waals surface area contributed by atoms with Crippen molar-refractivity contribution < 1.29 is 78.0 Å². The van der Waals surface area contributed by atoms with Gasteiger partial charge < -0.3 is 90.4 Å². The second-order valence-electron chi connectivity index (χ2n) is 20.5. The number of carbonyl (C=O) groups is 12. The lowest BCUT2D eigenvalue weighted by Crippen LogP contribution is -2.61. The highest BCUT2D eigenvalue weighted by atomic mass is 16.4. The summed E-state index contributed by atoms with van der Waals surface area (Å²) in [6.45, 7) is 7.49. The summed E-state index contributed by atoms with van der Waals surface area (Å²) in [6, 6.07) is -4.63. The molecule has 0 saturated carbocycles. The molecule has 1 aliphatic heterocycles. The van der Waals surface area contributed by atoms with Crippen molar-refractivity contribution in [3.05, 3.63) is 35.9 Å². The highest BCUT2D eigenvalue weighted by Crippen LogP contribution is 2.21. The van der Waals surface area contributed by atoms with E-state index < -0.39 is 157 Å². The number of aliphatic carboxylic acids is 3. The van der Waals surface area contributed by atoms with Crippen LogP contribution >= 0.6 is 0 Å². The number of rotatable bonds is 36. The number of nitrogens with two attached hydrogens (primary N) is 3. The molecule has 0 aromatic heterocycles. The molecule has 1 aromatic rings. The average Bonchev–Trinajstić information content (AvgIpc) is 3.89. The van der Waals surface area contributed by atoms with Crippen molar-refractivity contribution in [1.82, 2.24) is 52.8 Å². The zero-order valence-corrected chi connectivity index (χ0v) is 46.3. The van der Waals surface area contributed by atoms with Gasteiger partial charge in [0.15, 0.2) is 5.96 Å². The Hall–Kier alpha value is -7.99. The third kappa shape index (κ3) is 24.9. The van der Waals surface area contributed by atoms with Crippen LogP contribution in [-0.4, -0.2) is 189 Å². The Morgan fingerprint density at radius 1 is 0.654 bits per heavy atom. The predicted molar refractivity (Wildman–Crippen MR) is 290 cm³/mol. The quantitative estimate of drug-likeness (QED) is 0.0171. The first-order valence-corrected chi connectivity index (χ1v) is 26.7. The highest BCUT2D eigenvalue weighted by Gasteiger charge is 2.41. The number of carboxylic acids is 3. The Bertz CT molecular complexity index is 2360. The molecule has 20 N–H and O–H groups in total. The van der Waals surface area contributed by atoms with E-state index in [9.17, 15) is 72.9 Å². The number of carboxylic acid groups (broad SMARTS) is 3. The van der Waals surface area contributed by atoms with Gasteiger partial charge in [0, 0.05) is 19.5 Å². The van der Waals surface area contributed by atoms with Gasteiger partial charge in [-0.15, -0.1) is 0 Å². The average molecular weight is 1150 g/mol. The SMILES string of the molecule is CC(C)C[C@H](NC(=O)[C@@H]1CCCN1C(=O)[C@H](CCCCN)NC(=O)[C@H](CC(=O)O)NC(=O)[C@@H](NC(=O)[C@@H](N)CC(=O)O)[C@@H](C)O)C(=O)NCC(=O)N[C@H](C(=O)N[C@@H](CCCNC(=N)N)C(=O)N[C@@H](Cc1ccccc1)C(=O)O)C(C)C. The maximum absolute atomic E-state index is 14.3. The number of nitrogens with zero attached hydrogens (tertiary/aromatic N) is 1. The van der Waals surface area contributed by atoms with Gasteiger partial charge in [0.05, 0.1) is 31.5 Å². The van der Waals surface area contributed by atoms with E-state index in [1.165, 1.54) is 4.90 Å². The van der Waals surface area contributed by atoms with E-state index in [1.54, 1.807) is 58.0 Å². The zero-order valence-electron chi connectivity index (χ0n) is 46.3. The summed E-state index contributed by atoms with van der Waals surface area (Å²) >= 11 is 0. The maximum atomic E-state index is 14.3. The van der Waals surface area contributed by atoms with E-state index in [0.29, 0.717) is 18.4 Å². The molecule has 0 unspecified atom stereocenters. The van der Waals surface area contributed by atoms with Crippen LogP contribution in [0.3, 0.4) is 0 Å². The third-order valence-electron chi connectivity index (χ3n) is 12.7. The number of hydrogen-bond donors (Lipinski definition) is 17. The van der Waals surface area contributed by atoms with Gasteiger partial charge >= 0.3 is 17.9 Å². The van der Waals surface area contributed by atoms with Crippen molar-refractivity contribution >= 4 is 77.0 Å². The van der Waals surface area contributed by atoms with Crippen molar-refractivity contribution in [2.24, 2.45) is 29.0 Å². The fraction of sp³-hybridized carbons (Fsp3) is 0.627. The Morgan fingerprint density at radius 3 is 1.80 bits per heavy atom. The number of hydrogen-bond acceptors (Lipinski definition) is 16. The summed E-state index contributed by atoms with van der Waals surface area (Å²) in [5, 5.41) is 68.4. The monoisotopic (exact) mass is 1150 g/mol. The smallest absolute Gasteiger partial charge is 0.326 e. The van der Waals surface area contributed by atoms with Crippen molar-refractivity contribution in [1.29, 1.82) is 5.41 Å². The van der Waals surface area contributed by atoms with Crippen LogP contribution in [-0.2, 0) is 64.0 Å². The Kier molecular flexibility index (Phi) is 29.8. The molecule has 1 saturated heterocycles. The van der Waals surface area contributed by atoms with Gasteiger partial charge in [-0.3, -0.25) is 58.1 Å². The summed E-state index contributed by atoms with van der Waals surface area (Å²) in [5.41, 5.74) is 17.3. The largest absolute Gasteiger partial charge is 0.481 e. The fourth-order valence-electron chi connectivity index (χ4n) is 8.52. The first-order chi connectivity index (χ1) is 38.1. The second kappa shape index (κ2) is 34.9. The van der Waals surface area contributed by atoms with Crippen LogP contribution in [0.25, 0.3) is 0 Å². The molecule has 1 fully saturated rings. The number of amides is 9. The number of guanidine groups is 1.